The molecule has 1 aromatic carbocycles. The first-order valence-corrected chi connectivity index (χ1v) is 15.6. The molecular formula is C35H44N2O4. The molecule has 1 saturated heterocycles. The van der Waals surface area contributed by atoms with E-state index in [9.17, 15) is 15.1 Å². The van der Waals surface area contributed by atoms with Gasteiger partial charge in [0, 0.05) is 31.8 Å². The van der Waals surface area contributed by atoms with E-state index in [0.29, 0.717) is 18.3 Å². The number of methoxy groups -OCH3 is 1. The van der Waals surface area contributed by atoms with Crippen molar-refractivity contribution in [1.82, 2.24) is 0 Å². The molecule has 5 atom stereocenters. The van der Waals surface area contributed by atoms with Crippen LogP contribution in [0.5, 0.6) is 0 Å². The van der Waals surface area contributed by atoms with Crippen LogP contribution >= 0.6 is 0 Å². The van der Waals surface area contributed by atoms with Gasteiger partial charge in [-0.25, -0.2) is 0 Å². The number of allylic oxidation sites excluding steroid dienone is 4. The molecule has 0 bridgehead atoms. The molecule has 3 fully saturated rings. The summed E-state index contributed by atoms with van der Waals surface area (Å²) in [6, 6.07) is 9.26. The number of anilines is 1. The number of aliphatic hydroxyl groups excluding tert-OH is 1. The summed E-state index contributed by atoms with van der Waals surface area (Å²) in [5.41, 5.74) is 6.58. The van der Waals surface area contributed by atoms with Gasteiger partial charge in [0.2, 0.25) is 0 Å². The number of rotatable bonds is 5. The van der Waals surface area contributed by atoms with Crippen LogP contribution in [0.25, 0.3) is 0 Å². The molecule has 0 aromatic heterocycles. The first-order chi connectivity index (χ1) is 20.0. The summed E-state index contributed by atoms with van der Waals surface area (Å²) >= 11 is 0. The van der Waals surface area contributed by atoms with Gasteiger partial charge in [0.25, 0.3) is 0 Å². The number of aliphatic hydroxyl groups is 1. The molecule has 4 aliphatic carbocycles. The Balaban J connectivity index is 1.47. The SMILES string of the molecule is COCC(=O)[C@@]1(C#CCO)CC[C@H]2[C@@H]3CCC4=C/C(=N/O)CCC4=C3[C@@H](c3ccc(N4CCCCC4)cc3)C[C@@]21C. The predicted molar refractivity (Wildman–Crippen MR) is 161 cm³/mol. The van der Waals surface area contributed by atoms with Crippen LogP contribution in [0.15, 0.2) is 52.2 Å². The topological polar surface area (TPSA) is 82.4 Å². The highest BCUT2D eigenvalue weighted by Crippen LogP contribution is 2.69. The lowest BCUT2D eigenvalue weighted by Gasteiger charge is -2.54. The Kier molecular flexibility index (Phi) is 7.87. The van der Waals surface area contributed by atoms with Gasteiger partial charge >= 0.3 is 0 Å². The number of fused-ring (bicyclic) bond motifs is 4. The van der Waals surface area contributed by atoms with Crippen molar-refractivity contribution in [2.75, 3.05) is 38.3 Å². The smallest absolute Gasteiger partial charge is 0.176 e. The number of nitrogens with zero attached hydrogens (tertiary/aromatic N) is 2. The molecule has 0 radical (unpaired) electrons. The molecule has 218 valence electrons. The zero-order valence-electron chi connectivity index (χ0n) is 24.6. The van der Waals surface area contributed by atoms with E-state index < -0.39 is 5.41 Å². The van der Waals surface area contributed by atoms with Crippen molar-refractivity contribution >= 4 is 17.2 Å². The first-order valence-electron chi connectivity index (χ1n) is 15.6. The second-order valence-corrected chi connectivity index (χ2v) is 13.0. The first kappa shape index (κ1) is 28.2. The Morgan fingerprint density at radius 3 is 2.61 bits per heavy atom. The van der Waals surface area contributed by atoms with Gasteiger partial charge in [0.05, 0.1) is 11.1 Å². The second kappa shape index (κ2) is 11.4. The number of hydrogen-bond donors (Lipinski definition) is 2. The van der Waals surface area contributed by atoms with Crippen molar-refractivity contribution < 1.29 is 19.8 Å². The molecule has 1 aliphatic heterocycles. The van der Waals surface area contributed by atoms with Crippen LogP contribution in [0.4, 0.5) is 5.69 Å². The summed E-state index contributed by atoms with van der Waals surface area (Å²) in [6.07, 6.45) is 12.1. The lowest BCUT2D eigenvalue weighted by Crippen LogP contribution is -2.51. The third-order valence-corrected chi connectivity index (χ3v) is 11.2. The minimum absolute atomic E-state index is 0.0480. The molecule has 6 rings (SSSR count). The fourth-order valence-electron chi connectivity index (χ4n) is 9.32. The summed E-state index contributed by atoms with van der Waals surface area (Å²) in [5, 5.41) is 22.8. The Morgan fingerprint density at radius 1 is 1.12 bits per heavy atom. The highest BCUT2D eigenvalue weighted by molar-refractivity contribution is 5.97. The summed E-state index contributed by atoms with van der Waals surface area (Å²) in [7, 11) is 1.58. The molecule has 1 heterocycles. The molecule has 6 nitrogen and oxygen atoms in total. The van der Waals surface area contributed by atoms with Crippen LogP contribution in [0.3, 0.4) is 0 Å². The molecule has 5 aliphatic rings. The maximum Gasteiger partial charge on any atom is 0.176 e. The Bertz CT molecular complexity index is 1330. The number of piperidine rings is 1. The van der Waals surface area contributed by atoms with E-state index in [-0.39, 0.29) is 30.3 Å². The molecule has 1 aromatic rings. The van der Waals surface area contributed by atoms with Crippen molar-refractivity contribution in [2.45, 2.75) is 77.0 Å². The molecule has 2 saturated carbocycles. The zero-order valence-corrected chi connectivity index (χ0v) is 24.6. The maximum atomic E-state index is 13.9. The summed E-state index contributed by atoms with van der Waals surface area (Å²) in [5.74, 6) is 7.24. The average molecular weight is 557 g/mol. The van der Waals surface area contributed by atoms with E-state index in [1.165, 1.54) is 41.7 Å². The van der Waals surface area contributed by atoms with Crippen LogP contribution in [0.1, 0.15) is 82.6 Å². The fourth-order valence-corrected chi connectivity index (χ4v) is 9.32. The number of ether oxygens (including phenoxy) is 1. The van der Waals surface area contributed by atoms with Crippen LogP contribution in [0.2, 0.25) is 0 Å². The largest absolute Gasteiger partial charge is 0.411 e. The predicted octanol–water partition coefficient (Wildman–Crippen LogP) is 6.04. The van der Waals surface area contributed by atoms with Crippen LogP contribution in [-0.2, 0) is 9.53 Å². The summed E-state index contributed by atoms with van der Waals surface area (Å²) in [6.45, 7) is 4.36. The van der Waals surface area contributed by atoms with E-state index in [4.69, 9.17) is 4.74 Å². The highest BCUT2D eigenvalue weighted by atomic mass is 16.5. The van der Waals surface area contributed by atoms with Crippen molar-refractivity contribution in [3.8, 4) is 11.8 Å². The maximum absolute atomic E-state index is 13.9. The number of ketones is 1. The average Bonchev–Trinajstić information content (AvgIpc) is 3.32. The summed E-state index contributed by atoms with van der Waals surface area (Å²) < 4.78 is 5.39. The number of carbonyl (C=O) groups excluding carboxylic acids is 1. The molecule has 0 amide bonds. The van der Waals surface area contributed by atoms with Crippen molar-refractivity contribution in [1.29, 1.82) is 0 Å². The third-order valence-electron chi connectivity index (χ3n) is 11.2. The van der Waals surface area contributed by atoms with Gasteiger partial charge in [-0.15, -0.1) is 0 Å². The van der Waals surface area contributed by atoms with Crippen LogP contribution < -0.4 is 4.90 Å². The van der Waals surface area contributed by atoms with Gasteiger partial charge in [-0.3, -0.25) is 4.79 Å². The number of oxime groups is 1. The minimum atomic E-state index is -0.821. The Hall–Kier alpha value is -2.88. The Morgan fingerprint density at radius 2 is 1.90 bits per heavy atom. The normalized spacial score (nSPS) is 33.8. The van der Waals surface area contributed by atoms with Gasteiger partial charge in [0.15, 0.2) is 5.78 Å². The standard InChI is InChI=1S/C35H44N2O4/c1-34-22-30(24-7-11-27(12-8-24)37-18-4-3-5-19-37)33-28-14-10-26(36-40)21-25(28)9-13-29(33)31(34)15-17-35(34,16-6-20-38)32(39)23-41-2/h7-8,11-12,21,29-31,38,40H,3-5,9-10,13-15,17-20,22-23H2,1-2H3/b36-26+/t29-,30+,31-,34-,35+/m0/s1. The van der Waals surface area contributed by atoms with Crippen LogP contribution in [0, 0.1) is 34.5 Å². The van der Waals surface area contributed by atoms with Gasteiger partial charge < -0.3 is 20.0 Å². The van der Waals surface area contributed by atoms with Crippen molar-refractivity contribution in [3.05, 3.63) is 52.6 Å². The zero-order chi connectivity index (χ0) is 28.6. The van der Waals surface area contributed by atoms with Gasteiger partial charge in [-0.05, 0) is 116 Å². The van der Waals surface area contributed by atoms with Gasteiger partial charge in [0.1, 0.15) is 13.2 Å². The van der Waals surface area contributed by atoms with E-state index in [1.54, 1.807) is 12.7 Å². The highest BCUT2D eigenvalue weighted by Gasteiger charge is 2.65. The van der Waals surface area contributed by atoms with E-state index >= 15 is 0 Å². The fraction of sp³-hybridized carbons (Fsp3) is 0.600. The Labute approximate surface area is 244 Å². The number of benzene rings is 1. The lowest BCUT2D eigenvalue weighted by molar-refractivity contribution is -0.136. The minimum Gasteiger partial charge on any atom is -0.411 e. The second-order valence-electron chi connectivity index (χ2n) is 13.0. The molecular weight excluding hydrogens is 512 g/mol. The van der Waals surface area contributed by atoms with Crippen molar-refractivity contribution in [2.24, 2.45) is 27.8 Å². The van der Waals surface area contributed by atoms with Gasteiger partial charge in [-0.1, -0.05) is 41.6 Å². The van der Waals surface area contributed by atoms with E-state index in [1.807, 2.05) is 0 Å². The van der Waals surface area contributed by atoms with E-state index in [2.05, 4.69) is 59.2 Å². The number of carbonyl (C=O) groups is 1. The number of Topliss-reactive ketones (excluding diaryl/α,β-unsaturated/α-hetero) is 1. The monoisotopic (exact) mass is 556 g/mol. The molecule has 6 heteroatoms. The summed E-state index contributed by atoms with van der Waals surface area (Å²) in [4.78, 5) is 16.4. The quantitative estimate of drug-likeness (QED) is 0.263. The molecule has 0 spiro atoms. The van der Waals surface area contributed by atoms with Crippen molar-refractivity contribution in [3.63, 3.8) is 0 Å². The molecule has 41 heavy (non-hydrogen) atoms. The number of hydrogen-bond acceptors (Lipinski definition) is 6. The third kappa shape index (κ3) is 4.66. The molecule has 0 unspecified atom stereocenters. The lowest BCUT2D eigenvalue weighted by atomic mass is 9.48. The van der Waals surface area contributed by atoms with Crippen LogP contribution in [-0.4, -0.2) is 55.2 Å². The molecule has 2 N–H and O–H groups in total. The van der Waals surface area contributed by atoms with E-state index in [0.717, 1.165) is 57.3 Å². The van der Waals surface area contributed by atoms with Gasteiger partial charge in [-0.2, -0.15) is 0 Å².